The van der Waals surface area contributed by atoms with Crippen LogP contribution in [-0.2, 0) is 4.74 Å². The molecule has 1 N–H and O–H groups in total. The van der Waals surface area contributed by atoms with Crippen molar-refractivity contribution in [2.75, 3.05) is 32.9 Å². The number of hydrogen-bond donors (Lipinski definition) is 1. The van der Waals surface area contributed by atoms with Crippen LogP contribution in [0.4, 0.5) is 0 Å². The van der Waals surface area contributed by atoms with E-state index in [1.165, 1.54) is 0 Å². The summed E-state index contributed by atoms with van der Waals surface area (Å²) in [6.07, 6.45) is 1.58. The second-order valence-electron chi connectivity index (χ2n) is 6.32. The van der Waals surface area contributed by atoms with Crippen LogP contribution in [0.3, 0.4) is 0 Å². The normalized spacial score (nSPS) is 20.8. The van der Waals surface area contributed by atoms with E-state index >= 15 is 0 Å². The minimum absolute atomic E-state index is 0.0441. The Bertz CT molecular complexity index is 722. The third kappa shape index (κ3) is 4.55. The number of aryl methyl sites for hydroxylation is 1. The number of carbonyl (C=O) groups is 1. The van der Waals surface area contributed by atoms with Crippen molar-refractivity contribution in [3.05, 3.63) is 59.9 Å². The zero-order valence-corrected chi connectivity index (χ0v) is 14.2. The summed E-state index contributed by atoms with van der Waals surface area (Å²) in [4.78, 5) is 18.3. The number of carbonyl (C=O) groups excluding carboxylic acids is 1. The number of ether oxygens (including phenoxy) is 2. The molecule has 1 aliphatic rings. The van der Waals surface area contributed by atoms with Crippen molar-refractivity contribution < 1.29 is 19.4 Å². The molecule has 1 aromatic heterocycles. The fourth-order valence-corrected chi connectivity index (χ4v) is 2.75. The van der Waals surface area contributed by atoms with E-state index in [0.717, 1.165) is 5.56 Å². The SMILES string of the molecule is Cc1cccc(OC[C@@]2(O)COCCN(C(=O)c3ccccn3)C2)c1. The predicted molar refractivity (Wildman–Crippen MR) is 92.6 cm³/mol. The van der Waals surface area contributed by atoms with Crippen molar-refractivity contribution in [1.82, 2.24) is 9.88 Å². The van der Waals surface area contributed by atoms with Gasteiger partial charge in [0.15, 0.2) is 0 Å². The number of benzene rings is 1. The topological polar surface area (TPSA) is 71.9 Å². The molecule has 1 aromatic carbocycles. The maximum atomic E-state index is 12.6. The molecule has 6 nitrogen and oxygen atoms in total. The standard InChI is InChI=1S/C19H22N2O4/c1-15-5-4-6-16(11-15)25-14-19(23)12-21(9-10-24-13-19)18(22)17-7-2-3-8-20-17/h2-8,11,23H,9-10,12-14H2,1H3/t19-/m0/s1. The minimum Gasteiger partial charge on any atom is -0.490 e. The molecule has 2 heterocycles. The first-order valence-corrected chi connectivity index (χ1v) is 8.26. The lowest BCUT2D eigenvalue weighted by atomic mass is 10.1. The summed E-state index contributed by atoms with van der Waals surface area (Å²) in [5.41, 5.74) is 0.157. The number of aromatic nitrogens is 1. The zero-order valence-electron chi connectivity index (χ0n) is 14.2. The van der Waals surface area contributed by atoms with E-state index in [1.54, 1.807) is 29.3 Å². The van der Waals surface area contributed by atoms with Crippen molar-refractivity contribution in [1.29, 1.82) is 0 Å². The van der Waals surface area contributed by atoms with Crippen molar-refractivity contribution in [3.63, 3.8) is 0 Å². The van der Waals surface area contributed by atoms with Crippen LogP contribution >= 0.6 is 0 Å². The number of pyridine rings is 1. The van der Waals surface area contributed by atoms with Crippen LogP contribution in [0.5, 0.6) is 5.75 Å². The number of amides is 1. The molecule has 0 spiro atoms. The molecule has 0 unspecified atom stereocenters. The Labute approximate surface area is 147 Å². The third-order valence-electron chi connectivity index (χ3n) is 4.03. The zero-order chi connectivity index (χ0) is 17.7. The summed E-state index contributed by atoms with van der Waals surface area (Å²) in [6, 6.07) is 12.8. The van der Waals surface area contributed by atoms with Crippen LogP contribution < -0.4 is 4.74 Å². The Kier molecular flexibility index (Phi) is 5.31. The van der Waals surface area contributed by atoms with E-state index in [1.807, 2.05) is 31.2 Å². The van der Waals surface area contributed by atoms with Crippen LogP contribution in [0.1, 0.15) is 16.1 Å². The van der Waals surface area contributed by atoms with Gasteiger partial charge in [0.2, 0.25) is 0 Å². The van der Waals surface area contributed by atoms with Gasteiger partial charge in [0.25, 0.3) is 5.91 Å². The van der Waals surface area contributed by atoms with Gasteiger partial charge in [-0.3, -0.25) is 9.78 Å². The van der Waals surface area contributed by atoms with Gasteiger partial charge in [0.1, 0.15) is 23.7 Å². The van der Waals surface area contributed by atoms with E-state index in [-0.39, 0.29) is 25.7 Å². The van der Waals surface area contributed by atoms with Crippen molar-refractivity contribution in [3.8, 4) is 5.75 Å². The summed E-state index contributed by atoms with van der Waals surface area (Å²) in [6.45, 7) is 3.04. The molecule has 3 rings (SSSR count). The molecule has 1 amide bonds. The van der Waals surface area contributed by atoms with Gasteiger partial charge in [0.05, 0.1) is 19.8 Å². The Morgan fingerprint density at radius 2 is 2.24 bits per heavy atom. The van der Waals surface area contributed by atoms with E-state index in [0.29, 0.717) is 24.6 Å². The first kappa shape index (κ1) is 17.4. The van der Waals surface area contributed by atoms with Crippen molar-refractivity contribution in [2.24, 2.45) is 0 Å². The van der Waals surface area contributed by atoms with Gasteiger partial charge in [-0.1, -0.05) is 18.2 Å². The highest BCUT2D eigenvalue weighted by atomic mass is 16.5. The monoisotopic (exact) mass is 342 g/mol. The summed E-state index contributed by atoms with van der Waals surface area (Å²) >= 11 is 0. The summed E-state index contributed by atoms with van der Waals surface area (Å²) in [5, 5.41) is 10.9. The van der Waals surface area contributed by atoms with E-state index < -0.39 is 5.60 Å². The Hall–Kier alpha value is -2.44. The molecule has 1 saturated heterocycles. The second kappa shape index (κ2) is 7.63. The Balaban J connectivity index is 1.69. The number of rotatable bonds is 4. The maximum absolute atomic E-state index is 12.6. The van der Waals surface area contributed by atoms with Crippen LogP contribution in [0, 0.1) is 6.92 Å². The van der Waals surface area contributed by atoms with Crippen molar-refractivity contribution >= 4 is 5.91 Å². The highest BCUT2D eigenvalue weighted by molar-refractivity contribution is 5.92. The highest BCUT2D eigenvalue weighted by Gasteiger charge is 2.36. The lowest BCUT2D eigenvalue weighted by molar-refractivity contribution is -0.0621. The Morgan fingerprint density at radius 1 is 1.36 bits per heavy atom. The van der Waals surface area contributed by atoms with Gasteiger partial charge in [-0.2, -0.15) is 0 Å². The highest BCUT2D eigenvalue weighted by Crippen LogP contribution is 2.18. The van der Waals surface area contributed by atoms with E-state index in [4.69, 9.17) is 9.47 Å². The molecular formula is C19H22N2O4. The largest absolute Gasteiger partial charge is 0.490 e. The maximum Gasteiger partial charge on any atom is 0.272 e. The van der Waals surface area contributed by atoms with Gasteiger partial charge >= 0.3 is 0 Å². The number of hydrogen-bond acceptors (Lipinski definition) is 5. The smallest absolute Gasteiger partial charge is 0.272 e. The van der Waals surface area contributed by atoms with Gasteiger partial charge < -0.3 is 19.5 Å². The van der Waals surface area contributed by atoms with Crippen LogP contribution in [0.15, 0.2) is 48.7 Å². The summed E-state index contributed by atoms with van der Waals surface area (Å²) < 4.78 is 11.2. The molecule has 0 aliphatic carbocycles. The lowest BCUT2D eigenvalue weighted by Crippen LogP contribution is -2.50. The summed E-state index contributed by atoms with van der Waals surface area (Å²) in [5.74, 6) is 0.459. The Morgan fingerprint density at radius 3 is 3.00 bits per heavy atom. The average molecular weight is 342 g/mol. The van der Waals surface area contributed by atoms with E-state index in [9.17, 15) is 9.90 Å². The fourth-order valence-electron chi connectivity index (χ4n) is 2.75. The number of β-amino-alcohol motifs (C(OH)–C–C–N with tert-alkyl or cyclic N) is 1. The molecule has 132 valence electrons. The molecule has 0 bridgehead atoms. The molecule has 1 fully saturated rings. The van der Waals surface area contributed by atoms with Gasteiger partial charge in [-0.15, -0.1) is 0 Å². The molecule has 0 radical (unpaired) electrons. The van der Waals surface area contributed by atoms with Gasteiger partial charge in [0, 0.05) is 12.7 Å². The number of nitrogens with zero attached hydrogens (tertiary/aromatic N) is 2. The molecule has 25 heavy (non-hydrogen) atoms. The second-order valence-corrected chi connectivity index (χ2v) is 6.32. The van der Waals surface area contributed by atoms with E-state index in [2.05, 4.69) is 4.98 Å². The third-order valence-corrected chi connectivity index (χ3v) is 4.03. The first-order chi connectivity index (χ1) is 12.1. The average Bonchev–Trinajstić information content (AvgIpc) is 2.83. The van der Waals surface area contributed by atoms with Crippen LogP contribution in [0.2, 0.25) is 0 Å². The molecule has 0 saturated carbocycles. The number of aliphatic hydroxyl groups is 1. The van der Waals surface area contributed by atoms with Crippen LogP contribution in [-0.4, -0.2) is 59.4 Å². The molecule has 1 aliphatic heterocycles. The molecule has 1 atom stereocenters. The molecule has 6 heteroatoms. The molecular weight excluding hydrogens is 320 g/mol. The van der Waals surface area contributed by atoms with Crippen LogP contribution in [0.25, 0.3) is 0 Å². The minimum atomic E-state index is -1.27. The summed E-state index contributed by atoms with van der Waals surface area (Å²) in [7, 11) is 0. The fraction of sp³-hybridized carbons (Fsp3) is 0.368. The van der Waals surface area contributed by atoms with Gasteiger partial charge in [-0.05, 0) is 36.8 Å². The van der Waals surface area contributed by atoms with Gasteiger partial charge in [-0.25, -0.2) is 0 Å². The lowest BCUT2D eigenvalue weighted by Gasteiger charge is -2.30. The predicted octanol–water partition coefficient (Wildman–Crippen LogP) is 1.67. The quantitative estimate of drug-likeness (QED) is 0.915. The first-order valence-electron chi connectivity index (χ1n) is 8.26. The molecule has 2 aromatic rings. The van der Waals surface area contributed by atoms with Crippen molar-refractivity contribution in [2.45, 2.75) is 12.5 Å².